The number of carbonyl (C=O) groups is 1. The Morgan fingerprint density at radius 1 is 1.65 bits per heavy atom. The first-order chi connectivity index (χ1) is 8.13. The summed E-state index contributed by atoms with van der Waals surface area (Å²) in [5, 5.41) is 0.570. The molecule has 1 saturated heterocycles. The van der Waals surface area contributed by atoms with E-state index in [0.717, 1.165) is 18.5 Å². The van der Waals surface area contributed by atoms with Crippen molar-refractivity contribution in [3.05, 3.63) is 22.8 Å². The fourth-order valence-corrected chi connectivity index (χ4v) is 2.34. The second-order valence-corrected chi connectivity index (χ2v) is 4.52. The molecule has 0 aliphatic carbocycles. The first kappa shape index (κ1) is 12.1. The van der Waals surface area contributed by atoms with Gasteiger partial charge in [0.1, 0.15) is 5.82 Å². The summed E-state index contributed by atoms with van der Waals surface area (Å²) >= 11 is 6.22. The molecule has 1 fully saturated rings. The lowest BCUT2D eigenvalue weighted by Crippen LogP contribution is -2.28. The van der Waals surface area contributed by atoms with Crippen molar-refractivity contribution in [1.29, 1.82) is 0 Å². The molecule has 2 rings (SSSR count). The first-order valence-electron chi connectivity index (χ1n) is 5.51. The Hall–Kier alpha value is -1.33. The van der Waals surface area contributed by atoms with Crippen LogP contribution in [-0.2, 0) is 11.3 Å². The van der Waals surface area contributed by atoms with E-state index < -0.39 is 0 Å². The van der Waals surface area contributed by atoms with Crippen LogP contribution < -0.4 is 16.4 Å². The molecule has 0 radical (unpaired) electrons. The number of halogens is 1. The fraction of sp³-hybridized carbons (Fsp3) is 0.455. The van der Waals surface area contributed by atoms with E-state index in [0.29, 0.717) is 23.9 Å². The zero-order valence-corrected chi connectivity index (χ0v) is 10.2. The van der Waals surface area contributed by atoms with Crippen molar-refractivity contribution < 1.29 is 4.79 Å². The lowest BCUT2D eigenvalue weighted by atomic mass is 10.1. The molecule has 1 amide bonds. The summed E-state index contributed by atoms with van der Waals surface area (Å²) < 4.78 is 0. The normalized spacial score (nSPS) is 19.6. The molecular formula is C11H15ClN4O. The number of hydrogen-bond donors (Lipinski definition) is 2. The van der Waals surface area contributed by atoms with Gasteiger partial charge in [-0.05, 0) is 18.1 Å². The quantitative estimate of drug-likeness (QED) is 0.823. The van der Waals surface area contributed by atoms with Gasteiger partial charge in [-0.15, -0.1) is 0 Å². The molecule has 1 aliphatic heterocycles. The molecule has 0 aromatic carbocycles. The maximum atomic E-state index is 11.1. The van der Waals surface area contributed by atoms with Gasteiger partial charge in [-0.25, -0.2) is 4.98 Å². The SMILES string of the molecule is NCc1ccnc(N2CCC(C(N)=O)C2)c1Cl. The summed E-state index contributed by atoms with van der Waals surface area (Å²) in [7, 11) is 0. The number of anilines is 1. The van der Waals surface area contributed by atoms with Gasteiger partial charge < -0.3 is 16.4 Å². The monoisotopic (exact) mass is 254 g/mol. The minimum Gasteiger partial charge on any atom is -0.369 e. The van der Waals surface area contributed by atoms with E-state index in [1.54, 1.807) is 12.3 Å². The highest BCUT2D eigenvalue weighted by Crippen LogP contribution is 2.30. The van der Waals surface area contributed by atoms with Gasteiger partial charge in [-0.3, -0.25) is 4.79 Å². The topological polar surface area (TPSA) is 85.2 Å². The smallest absolute Gasteiger partial charge is 0.222 e. The fourth-order valence-electron chi connectivity index (χ4n) is 2.03. The van der Waals surface area contributed by atoms with E-state index in [-0.39, 0.29) is 11.8 Å². The molecule has 5 nitrogen and oxygen atoms in total. The van der Waals surface area contributed by atoms with Crippen LogP contribution in [0.3, 0.4) is 0 Å². The summed E-state index contributed by atoms with van der Waals surface area (Å²) in [6.45, 7) is 1.70. The first-order valence-corrected chi connectivity index (χ1v) is 5.89. The van der Waals surface area contributed by atoms with Gasteiger partial charge >= 0.3 is 0 Å². The molecule has 6 heteroatoms. The van der Waals surface area contributed by atoms with Gasteiger partial charge in [0.05, 0.1) is 10.9 Å². The number of primary amides is 1. The van der Waals surface area contributed by atoms with Crippen molar-refractivity contribution >= 4 is 23.3 Å². The van der Waals surface area contributed by atoms with Crippen LogP contribution in [0, 0.1) is 5.92 Å². The van der Waals surface area contributed by atoms with Crippen molar-refractivity contribution in [2.45, 2.75) is 13.0 Å². The molecule has 1 unspecified atom stereocenters. The maximum Gasteiger partial charge on any atom is 0.222 e. The Bertz CT molecular complexity index is 437. The molecule has 92 valence electrons. The number of nitrogens with zero attached hydrogens (tertiary/aromatic N) is 2. The van der Waals surface area contributed by atoms with E-state index in [1.807, 2.05) is 4.90 Å². The van der Waals surface area contributed by atoms with Crippen molar-refractivity contribution in [1.82, 2.24) is 4.98 Å². The predicted molar refractivity (Wildman–Crippen MR) is 66.7 cm³/mol. The third kappa shape index (κ3) is 2.35. The minimum atomic E-state index is -0.265. The number of pyridine rings is 1. The van der Waals surface area contributed by atoms with E-state index in [2.05, 4.69) is 4.98 Å². The third-order valence-corrected chi connectivity index (χ3v) is 3.47. The number of aromatic nitrogens is 1. The van der Waals surface area contributed by atoms with Crippen LogP contribution in [-0.4, -0.2) is 24.0 Å². The summed E-state index contributed by atoms with van der Waals surface area (Å²) in [4.78, 5) is 17.3. The van der Waals surface area contributed by atoms with Crippen LogP contribution in [0.15, 0.2) is 12.3 Å². The van der Waals surface area contributed by atoms with Crippen LogP contribution >= 0.6 is 11.6 Å². The molecule has 1 aromatic heterocycles. The van der Waals surface area contributed by atoms with E-state index in [4.69, 9.17) is 23.1 Å². The standard InChI is InChI=1S/C11H15ClN4O/c12-9-7(5-13)1-3-15-11(9)16-4-2-8(6-16)10(14)17/h1,3,8H,2,4-6,13H2,(H2,14,17). The molecule has 0 bridgehead atoms. The second kappa shape index (κ2) is 4.89. The van der Waals surface area contributed by atoms with E-state index >= 15 is 0 Å². The lowest BCUT2D eigenvalue weighted by molar-refractivity contribution is -0.121. The Morgan fingerprint density at radius 2 is 2.41 bits per heavy atom. The Labute approximate surface area is 105 Å². The highest BCUT2D eigenvalue weighted by molar-refractivity contribution is 6.33. The number of carbonyl (C=O) groups excluding carboxylic acids is 1. The molecule has 2 heterocycles. The highest BCUT2D eigenvalue weighted by Gasteiger charge is 2.28. The zero-order chi connectivity index (χ0) is 12.4. The molecule has 0 saturated carbocycles. The van der Waals surface area contributed by atoms with Crippen molar-refractivity contribution in [2.24, 2.45) is 17.4 Å². The van der Waals surface area contributed by atoms with Crippen LogP contribution in [0.25, 0.3) is 0 Å². The summed E-state index contributed by atoms with van der Waals surface area (Å²) in [5.74, 6) is 0.311. The van der Waals surface area contributed by atoms with Crippen LogP contribution in [0.1, 0.15) is 12.0 Å². The Balaban J connectivity index is 2.22. The number of nitrogens with two attached hydrogens (primary N) is 2. The molecule has 1 aromatic rings. The Morgan fingerprint density at radius 3 is 3.00 bits per heavy atom. The Kier molecular flexibility index (Phi) is 3.49. The summed E-state index contributed by atoms with van der Waals surface area (Å²) in [6.07, 6.45) is 2.43. The van der Waals surface area contributed by atoms with Crippen LogP contribution in [0.4, 0.5) is 5.82 Å². The molecule has 1 atom stereocenters. The van der Waals surface area contributed by atoms with Gasteiger partial charge in [0.2, 0.25) is 5.91 Å². The van der Waals surface area contributed by atoms with Gasteiger partial charge in [0, 0.05) is 25.8 Å². The molecular weight excluding hydrogens is 240 g/mol. The molecule has 4 N–H and O–H groups in total. The third-order valence-electron chi connectivity index (χ3n) is 3.06. The van der Waals surface area contributed by atoms with Crippen molar-refractivity contribution in [3.63, 3.8) is 0 Å². The van der Waals surface area contributed by atoms with E-state index in [9.17, 15) is 4.79 Å². The van der Waals surface area contributed by atoms with Crippen LogP contribution in [0.2, 0.25) is 5.02 Å². The number of hydrogen-bond acceptors (Lipinski definition) is 4. The lowest BCUT2D eigenvalue weighted by Gasteiger charge is -2.19. The largest absolute Gasteiger partial charge is 0.369 e. The van der Waals surface area contributed by atoms with Gasteiger partial charge in [-0.1, -0.05) is 11.6 Å². The van der Waals surface area contributed by atoms with Crippen molar-refractivity contribution in [3.8, 4) is 0 Å². The van der Waals surface area contributed by atoms with Gasteiger partial charge in [0.15, 0.2) is 0 Å². The van der Waals surface area contributed by atoms with Gasteiger partial charge in [-0.2, -0.15) is 0 Å². The molecule has 17 heavy (non-hydrogen) atoms. The van der Waals surface area contributed by atoms with Crippen LogP contribution in [0.5, 0.6) is 0 Å². The molecule has 1 aliphatic rings. The van der Waals surface area contributed by atoms with E-state index in [1.165, 1.54) is 0 Å². The predicted octanol–water partition coefficient (Wildman–Crippen LogP) is 0.505. The van der Waals surface area contributed by atoms with Gasteiger partial charge in [0.25, 0.3) is 0 Å². The maximum absolute atomic E-state index is 11.1. The minimum absolute atomic E-state index is 0.116. The summed E-state index contributed by atoms with van der Waals surface area (Å²) in [6, 6.07) is 1.80. The summed E-state index contributed by atoms with van der Waals surface area (Å²) in [5.41, 5.74) is 11.7. The van der Waals surface area contributed by atoms with Crippen molar-refractivity contribution in [2.75, 3.05) is 18.0 Å². The highest BCUT2D eigenvalue weighted by atomic mass is 35.5. The second-order valence-electron chi connectivity index (χ2n) is 4.15. The number of amides is 1. The molecule has 0 spiro atoms. The number of rotatable bonds is 3. The zero-order valence-electron chi connectivity index (χ0n) is 9.40. The average molecular weight is 255 g/mol. The average Bonchev–Trinajstić information content (AvgIpc) is 2.78.